The molecule has 4 nitrogen and oxygen atoms in total. The van der Waals surface area contributed by atoms with Crippen molar-refractivity contribution >= 4 is 5.91 Å². The zero-order valence-electron chi connectivity index (χ0n) is 8.66. The summed E-state index contributed by atoms with van der Waals surface area (Å²) in [6.45, 7) is 3.72. The minimum absolute atomic E-state index is 0.0752. The molecule has 0 bridgehead atoms. The van der Waals surface area contributed by atoms with Crippen LogP contribution in [0.15, 0.2) is 6.07 Å². The van der Waals surface area contributed by atoms with Gasteiger partial charge < -0.3 is 4.90 Å². The first kappa shape index (κ1) is 9.24. The molecular weight excluding hydrogens is 178 g/mol. The first-order valence-corrected chi connectivity index (χ1v) is 4.98. The van der Waals surface area contributed by atoms with E-state index in [1.165, 1.54) is 0 Å². The van der Waals surface area contributed by atoms with E-state index < -0.39 is 0 Å². The molecule has 14 heavy (non-hydrogen) atoms. The zero-order chi connectivity index (χ0) is 10.1. The molecule has 0 radical (unpaired) electrons. The predicted molar refractivity (Wildman–Crippen MR) is 53.1 cm³/mol. The summed E-state index contributed by atoms with van der Waals surface area (Å²) in [4.78, 5) is 13.7. The molecule has 0 atom stereocenters. The van der Waals surface area contributed by atoms with Gasteiger partial charge in [-0.2, -0.15) is 5.10 Å². The van der Waals surface area contributed by atoms with Gasteiger partial charge in [-0.05, 0) is 25.8 Å². The fourth-order valence-electron chi connectivity index (χ4n) is 1.75. The van der Waals surface area contributed by atoms with Crippen molar-refractivity contribution in [3.8, 4) is 0 Å². The molecule has 1 aliphatic rings. The Labute approximate surface area is 83.5 Å². The third-order valence-corrected chi connectivity index (χ3v) is 2.73. The molecule has 1 amide bonds. The van der Waals surface area contributed by atoms with E-state index in [0.29, 0.717) is 5.69 Å². The van der Waals surface area contributed by atoms with Crippen LogP contribution in [-0.2, 0) is 7.05 Å². The van der Waals surface area contributed by atoms with Gasteiger partial charge in [0, 0.05) is 25.8 Å². The summed E-state index contributed by atoms with van der Waals surface area (Å²) >= 11 is 0. The van der Waals surface area contributed by atoms with E-state index in [4.69, 9.17) is 0 Å². The second-order valence-electron chi connectivity index (χ2n) is 3.79. The summed E-state index contributed by atoms with van der Waals surface area (Å²) < 4.78 is 1.74. The number of carbonyl (C=O) groups excluding carboxylic acids is 1. The van der Waals surface area contributed by atoms with Gasteiger partial charge in [0.05, 0.1) is 0 Å². The molecule has 2 heterocycles. The smallest absolute Gasteiger partial charge is 0.274 e. The van der Waals surface area contributed by atoms with Crippen LogP contribution in [0.4, 0.5) is 0 Å². The lowest BCUT2D eigenvalue weighted by Gasteiger charge is -2.12. The van der Waals surface area contributed by atoms with Crippen LogP contribution in [0, 0.1) is 6.92 Å². The molecule has 0 unspecified atom stereocenters. The van der Waals surface area contributed by atoms with Gasteiger partial charge in [-0.25, -0.2) is 0 Å². The molecule has 1 fully saturated rings. The Morgan fingerprint density at radius 1 is 1.43 bits per heavy atom. The number of rotatable bonds is 1. The average Bonchev–Trinajstić information content (AvgIpc) is 2.76. The van der Waals surface area contributed by atoms with Crippen molar-refractivity contribution in [3.63, 3.8) is 0 Å². The van der Waals surface area contributed by atoms with Gasteiger partial charge in [-0.1, -0.05) is 0 Å². The molecular formula is C10H15N3O. The van der Waals surface area contributed by atoms with E-state index in [1.807, 2.05) is 24.9 Å². The highest BCUT2D eigenvalue weighted by molar-refractivity contribution is 5.92. The average molecular weight is 193 g/mol. The van der Waals surface area contributed by atoms with E-state index in [1.54, 1.807) is 4.68 Å². The Hall–Kier alpha value is -1.32. The summed E-state index contributed by atoms with van der Waals surface area (Å²) in [7, 11) is 1.86. The number of aromatic nitrogens is 2. The van der Waals surface area contributed by atoms with E-state index in [0.717, 1.165) is 31.6 Å². The quantitative estimate of drug-likeness (QED) is 0.666. The molecule has 1 saturated heterocycles. The van der Waals surface area contributed by atoms with Crippen molar-refractivity contribution in [2.75, 3.05) is 13.1 Å². The number of hydrogen-bond donors (Lipinski definition) is 0. The largest absolute Gasteiger partial charge is 0.337 e. The lowest BCUT2D eigenvalue weighted by atomic mass is 10.3. The lowest BCUT2D eigenvalue weighted by molar-refractivity contribution is 0.0786. The number of nitrogens with zero attached hydrogens (tertiary/aromatic N) is 3. The predicted octanol–water partition coefficient (Wildman–Crippen LogP) is 0.965. The molecule has 2 rings (SSSR count). The van der Waals surface area contributed by atoms with E-state index in [-0.39, 0.29) is 5.91 Å². The van der Waals surface area contributed by atoms with Crippen molar-refractivity contribution in [1.82, 2.24) is 14.7 Å². The van der Waals surface area contributed by atoms with Crippen LogP contribution in [0.2, 0.25) is 0 Å². The number of carbonyl (C=O) groups is 1. The molecule has 0 saturated carbocycles. The minimum atomic E-state index is 0.0752. The molecule has 0 N–H and O–H groups in total. The van der Waals surface area contributed by atoms with Crippen LogP contribution in [0.5, 0.6) is 0 Å². The Morgan fingerprint density at radius 2 is 2.07 bits per heavy atom. The second kappa shape index (κ2) is 3.44. The lowest BCUT2D eigenvalue weighted by Crippen LogP contribution is -2.28. The Morgan fingerprint density at radius 3 is 2.57 bits per heavy atom. The maximum absolute atomic E-state index is 11.9. The van der Waals surface area contributed by atoms with Crippen LogP contribution in [0.1, 0.15) is 29.0 Å². The Bertz CT molecular complexity index is 331. The van der Waals surface area contributed by atoms with Crippen LogP contribution in [-0.4, -0.2) is 33.7 Å². The third-order valence-electron chi connectivity index (χ3n) is 2.73. The van der Waals surface area contributed by atoms with E-state index in [9.17, 15) is 4.79 Å². The van der Waals surface area contributed by atoms with Gasteiger partial charge in [0.15, 0.2) is 5.69 Å². The Kier molecular flexibility index (Phi) is 2.27. The molecule has 0 aliphatic carbocycles. The van der Waals surface area contributed by atoms with Crippen molar-refractivity contribution in [1.29, 1.82) is 0 Å². The van der Waals surface area contributed by atoms with Crippen LogP contribution in [0.3, 0.4) is 0 Å². The topological polar surface area (TPSA) is 38.1 Å². The SMILES string of the molecule is Cc1cc(C(=O)N2CCCC2)nn1C. The molecule has 0 aromatic carbocycles. The highest BCUT2D eigenvalue weighted by atomic mass is 16.2. The fraction of sp³-hybridized carbons (Fsp3) is 0.600. The van der Waals surface area contributed by atoms with E-state index >= 15 is 0 Å². The Balaban J connectivity index is 2.18. The molecule has 76 valence electrons. The summed E-state index contributed by atoms with van der Waals surface area (Å²) in [5.41, 5.74) is 1.60. The standard InChI is InChI=1S/C10H15N3O/c1-8-7-9(11-12(8)2)10(14)13-5-3-4-6-13/h7H,3-6H2,1-2H3. The van der Waals surface area contributed by atoms with Crippen molar-refractivity contribution < 1.29 is 4.79 Å². The van der Waals surface area contributed by atoms with Gasteiger partial charge in [0.1, 0.15) is 0 Å². The first-order chi connectivity index (χ1) is 6.68. The first-order valence-electron chi connectivity index (χ1n) is 4.98. The van der Waals surface area contributed by atoms with Crippen LogP contribution >= 0.6 is 0 Å². The molecule has 1 aliphatic heterocycles. The summed E-state index contributed by atoms with van der Waals surface area (Å²) in [5, 5.41) is 4.18. The number of hydrogen-bond acceptors (Lipinski definition) is 2. The van der Waals surface area contributed by atoms with E-state index in [2.05, 4.69) is 5.10 Å². The molecule has 4 heteroatoms. The van der Waals surface area contributed by atoms with Gasteiger partial charge >= 0.3 is 0 Å². The van der Waals surface area contributed by atoms with Crippen molar-refractivity contribution in [2.24, 2.45) is 7.05 Å². The maximum Gasteiger partial charge on any atom is 0.274 e. The highest BCUT2D eigenvalue weighted by Crippen LogP contribution is 2.12. The summed E-state index contributed by atoms with van der Waals surface area (Å²) in [5.74, 6) is 0.0752. The zero-order valence-corrected chi connectivity index (χ0v) is 8.66. The number of amides is 1. The molecule has 1 aromatic heterocycles. The summed E-state index contributed by atoms with van der Waals surface area (Å²) in [6.07, 6.45) is 2.25. The number of likely N-dealkylation sites (tertiary alicyclic amines) is 1. The molecule has 0 spiro atoms. The van der Waals surface area contributed by atoms with Gasteiger partial charge in [0.2, 0.25) is 0 Å². The fourth-order valence-corrected chi connectivity index (χ4v) is 1.75. The van der Waals surface area contributed by atoms with Gasteiger partial charge in [-0.15, -0.1) is 0 Å². The summed E-state index contributed by atoms with van der Waals surface area (Å²) in [6, 6.07) is 1.85. The van der Waals surface area contributed by atoms with Crippen LogP contribution < -0.4 is 0 Å². The molecule has 1 aromatic rings. The van der Waals surface area contributed by atoms with Crippen molar-refractivity contribution in [3.05, 3.63) is 17.5 Å². The minimum Gasteiger partial charge on any atom is -0.337 e. The van der Waals surface area contributed by atoms with Gasteiger partial charge in [0.25, 0.3) is 5.91 Å². The van der Waals surface area contributed by atoms with Crippen molar-refractivity contribution in [2.45, 2.75) is 19.8 Å². The third kappa shape index (κ3) is 1.52. The van der Waals surface area contributed by atoms with Crippen LogP contribution in [0.25, 0.3) is 0 Å². The second-order valence-corrected chi connectivity index (χ2v) is 3.79. The normalized spacial score (nSPS) is 16.3. The monoisotopic (exact) mass is 193 g/mol. The number of aryl methyl sites for hydroxylation is 2. The maximum atomic E-state index is 11.9. The van der Waals surface area contributed by atoms with Gasteiger partial charge in [-0.3, -0.25) is 9.48 Å². The highest BCUT2D eigenvalue weighted by Gasteiger charge is 2.21.